The van der Waals surface area contributed by atoms with Gasteiger partial charge in [0.05, 0.1) is 23.9 Å². The number of carbonyl (C=O) groups excluding carboxylic acids is 1. The van der Waals surface area contributed by atoms with Crippen LogP contribution in [0.2, 0.25) is 0 Å². The second kappa shape index (κ2) is 10.0. The second-order valence-corrected chi connectivity index (χ2v) is 9.02. The summed E-state index contributed by atoms with van der Waals surface area (Å²) in [7, 11) is 0. The molecule has 2 N–H and O–H groups in total. The number of rotatable bonds is 7. The van der Waals surface area contributed by atoms with Gasteiger partial charge in [0.15, 0.2) is 5.76 Å². The summed E-state index contributed by atoms with van der Waals surface area (Å²) in [5.74, 6) is -0.497. The molecule has 36 heavy (non-hydrogen) atoms. The van der Waals surface area contributed by atoms with Crippen molar-refractivity contribution in [3.8, 4) is 22.6 Å². The van der Waals surface area contributed by atoms with E-state index in [0.717, 1.165) is 32.5 Å². The Hall–Kier alpha value is -4.50. The molecule has 0 spiro atoms. The molecular weight excluding hydrogens is 478 g/mol. The minimum Gasteiger partial charge on any atom is -0.481 e. The molecule has 0 radical (unpaired) electrons. The van der Waals surface area contributed by atoms with Crippen molar-refractivity contribution in [2.75, 3.05) is 5.32 Å². The number of aliphatic carboxylic acids is 1. The van der Waals surface area contributed by atoms with Crippen molar-refractivity contribution >= 4 is 39.2 Å². The number of pyridine rings is 1. The van der Waals surface area contributed by atoms with Gasteiger partial charge in [-0.3, -0.25) is 15.1 Å². The minimum atomic E-state index is -0.875. The number of thiophene rings is 1. The molecule has 0 aliphatic carbocycles. The number of benzene rings is 2. The maximum absolute atomic E-state index is 12.6. The van der Waals surface area contributed by atoms with Gasteiger partial charge >= 0.3 is 12.1 Å². The summed E-state index contributed by atoms with van der Waals surface area (Å²) in [6, 6.07) is 18.7. The Labute approximate surface area is 210 Å². The standard InChI is InChI=1S/C27H21N3O5S/c1-16(18-5-3-2-4-6-18)34-27(33)30-22-15-29-35-25(22)21-14-28-24(20-11-12-36-26(20)21)19-9-7-17(8-10-19)13-23(31)32/h2-12,14-16H,13H2,1H3,(H,30,33)(H,31,32). The van der Waals surface area contributed by atoms with E-state index in [4.69, 9.17) is 14.4 Å². The van der Waals surface area contributed by atoms with E-state index >= 15 is 0 Å². The first-order chi connectivity index (χ1) is 17.5. The van der Waals surface area contributed by atoms with Crippen molar-refractivity contribution in [1.82, 2.24) is 10.1 Å². The molecule has 0 fully saturated rings. The Balaban J connectivity index is 1.40. The Bertz CT molecular complexity index is 1530. The molecule has 2 aromatic carbocycles. The van der Waals surface area contributed by atoms with Crippen LogP contribution in [-0.2, 0) is 16.0 Å². The third-order valence-electron chi connectivity index (χ3n) is 5.68. The van der Waals surface area contributed by atoms with Gasteiger partial charge in [-0.1, -0.05) is 59.8 Å². The number of ether oxygens (including phenoxy) is 1. The lowest BCUT2D eigenvalue weighted by atomic mass is 10.0. The molecule has 9 heteroatoms. The van der Waals surface area contributed by atoms with Crippen LogP contribution in [0, 0.1) is 0 Å². The molecule has 3 aromatic heterocycles. The monoisotopic (exact) mass is 499 g/mol. The lowest BCUT2D eigenvalue weighted by Gasteiger charge is -2.14. The predicted octanol–water partition coefficient (Wildman–Crippen LogP) is 6.56. The van der Waals surface area contributed by atoms with Crippen molar-refractivity contribution in [3.05, 3.63) is 89.6 Å². The molecule has 3 heterocycles. The van der Waals surface area contributed by atoms with E-state index in [1.165, 1.54) is 17.5 Å². The number of nitrogens with one attached hydrogen (secondary N) is 1. The number of amides is 1. The maximum atomic E-state index is 12.6. The zero-order valence-electron chi connectivity index (χ0n) is 19.2. The third kappa shape index (κ3) is 4.82. The van der Waals surface area contributed by atoms with Gasteiger partial charge in [-0.05, 0) is 29.5 Å². The van der Waals surface area contributed by atoms with Crippen molar-refractivity contribution < 1.29 is 24.0 Å². The van der Waals surface area contributed by atoms with Gasteiger partial charge in [0.2, 0.25) is 0 Å². The molecule has 180 valence electrons. The van der Waals surface area contributed by atoms with E-state index in [1.807, 2.05) is 53.9 Å². The molecule has 0 bridgehead atoms. The van der Waals surface area contributed by atoms with Crippen LogP contribution in [0.4, 0.5) is 10.5 Å². The molecule has 1 atom stereocenters. The Morgan fingerprint density at radius 1 is 1.08 bits per heavy atom. The fraction of sp³-hybridized carbons (Fsp3) is 0.111. The Kier molecular flexibility index (Phi) is 6.46. The normalized spacial score (nSPS) is 11.8. The van der Waals surface area contributed by atoms with E-state index < -0.39 is 18.2 Å². The first kappa shape index (κ1) is 23.3. The van der Waals surface area contributed by atoms with E-state index in [0.29, 0.717) is 17.0 Å². The first-order valence-corrected chi connectivity index (χ1v) is 12.0. The number of carbonyl (C=O) groups is 2. The van der Waals surface area contributed by atoms with E-state index in [9.17, 15) is 9.59 Å². The minimum absolute atomic E-state index is 0.0334. The summed E-state index contributed by atoms with van der Waals surface area (Å²) >= 11 is 1.52. The van der Waals surface area contributed by atoms with Crippen LogP contribution < -0.4 is 5.32 Å². The Morgan fingerprint density at radius 3 is 2.61 bits per heavy atom. The topological polar surface area (TPSA) is 115 Å². The molecular formula is C27H21N3O5S. The van der Waals surface area contributed by atoms with E-state index in [2.05, 4.69) is 15.5 Å². The molecule has 0 saturated heterocycles. The number of aromatic nitrogens is 2. The largest absolute Gasteiger partial charge is 0.481 e. The van der Waals surface area contributed by atoms with Crippen LogP contribution in [0.5, 0.6) is 0 Å². The number of hydrogen-bond acceptors (Lipinski definition) is 7. The highest BCUT2D eigenvalue weighted by Gasteiger charge is 2.21. The highest BCUT2D eigenvalue weighted by molar-refractivity contribution is 7.17. The summed E-state index contributed by atoms with van der Waals surface area (Å²) in [5, 5.41) is 18.5. The number of nitrogens with zero attached hydrogens (tertiary/aromatic N) is 2. The third-order valence-corrected chi connectivity index (χ3v) is 6.62. The molecule has 8 nitrogen and oxygen atoms in total. The van der Waals surface area contributed by atoms with Crippen LogP contribution >= 0.6 is 11.3 Å². The van der Waals surface area contributed by atoms with Crippen LogP contribution in [0.15, 0.2) is 83.0 Å². The van der Waals surface area contributed by atoms with Crippen molar-refractivity contribution in [2.24, 2.45) is 0 Å². The van der Waals surface area contributed by atoms with Gasteiger partial charge in [0, 0.05) is 21.8 Å². The van der Waals surface area contributed by atoms with E-state index in [1.54, 1.807) is 25.3 Å². The summed E-state index contributed by atoms with van der Waals surface area (Å²) in [5.41, 5.74) is 4.30. The zero-order valence-corrected chi connectivity index (χ0v) is 20.0. The highest BCUT2D eigenvalue weighted by atomic mass is 32.1. The van der Waals surface area contributed by atoms with Gasteiger partial charge in [0.25, 0.3) is 0 Å². The maximum Gasteiger partial charge on any atom is 0.412 e. The van der Waals surface area contributed by atoms with Crippen LogP contribution in [0.3, 0.4) is 0 Å². The van der Waals surface area contributed by atoms with Crippen molar-refractivity contribution in [2.45, 2.75) is 19.4 Å². The molecule has 5 aromatic rings. The molecule has 0 aliphatic rings. The van der Waals surface area contributed by atoms with Crippen LogP contribution in [-0.4, -0.2) is 27.3 Å². The van der Waals surface area contributed by atoms with Crippen LogP contribution in [0.25, 0.3) is 32.7 Å². The van der Waals surface area contributed by atoms with Gasteiger partial charge in [0.1, 0.15) is 11.8 Å². The zero-order chi connectivity index (χ0) is 25.1. The summed E-state index contributed by atoms with van der Waals surface area (Å²) in [4.78, 5) is 28.2. The molecule has 1 amide bonds. The lowest BCUT2D eigenvalue weighted by molar-refractivity contribution is -0.136. The quantitative estimate of drug-likeness (QED) is 0.261. The van der Waals surface area contributed by atoms with Gasteiger partial charge in [-0.15, -0.1) is 11.3 Å². The molecule has 5 rings (SSSR count). The predicted molar refractivity (Wildman–Crippen MR) is 137 cm³/mol. The van der Waals surface area contributed by atoms with Crippen LogP contribution in [0.1, 0.15) is 24.2 Å². The van der Waals surface area contributed by atoms with Gasteiger partial charge < -0.3 is 14.4 Å². The number of hydrogen-bond donors (Lipinski definition) is 2. The van der Waals surface area contributed by atoms with Crippen molar-refractivity contribution in [1.29, 1.82) is 0 Å². The molecule has 0 aliphatic heterocycles. The fourth-order valence-electron chi connectivity index (χ4n) is 3.92. The first-order valence-electron chi connectivity index (χ1n) is 11.1. The number of carboxylic acid groups (broad SMARTS) is 1. The molecule has 0 saturated carbocycles. The van der Waals surface area contributed by atoms with Crippen molar-refractivity contribution in [3.63, 3.8) is 0 Å². The number of fused-ring (bicyclic) bond motifs is 1. The lowest BCUT2D eigenvalue weighted by Crippen LogP contribution is -2.16. The number of anilines is 1. The SMILES string of the molecule is CC(OC(=O)Nc1cnoc1-c1cnc(-c2ccc(CC(=O)O)cc2)c2ccsc12)c1ccccc1. The average Bonchev–Trinajstić information content (AvgIpc) is 3.54. The summed E-state index contributed by atoms with van der Waals surface area (Å²) in [6.45, 7) is 1.80. The highest BCUT2D eigenvalue weighted by Crippen LogP contribution is 2.39. The fourth-order valence-corrected chi connectivity index (χ4v) is 4.83. The Morgan fingerprint density at radius 2 is 1.86 bits per heavy atom. The molecule has 1 unspecified atom stereocenters. The van der Waals surface area contributed by atoms with E-state index in [-0.39, 0.29) is 6.42 Å². The second-order valence-electron chi connectivity index (χ2n) is 8.10. The number of carboxylic acids is 1. The van der Waals surface area contributed by atoms with Gasteiger partial charge in [-0.25, -0.2) is 4.79 Å². The van der Waals surface area contributed by atoms with Gasteiger partial charge in [-0.2, -0.15) is 0 Å². The smallest absolute Gasteiger partial charge is 0.412 e. The average molecular weight is 500 g/mol. The summed E-state index contributed by atoms with van der Waals surface area (Å²) in [6.07, 6.45) is 2.03. The summed E-state index contributed by atoms with van der Waals surface area (Å²) < 4.78 is 11.9.